The van der Waals surface area contributed by atoms with Gasteiger partial charge in [-0.3, -0.25) is 0 Å². The van der Waals surface area contributed by atoms with Crippen LogP contribution in [0.25, 0.3) is 0 Å². The lowest BCUT2D eigenvalue weighted by molar-refractivity contribution is 0.405. The van der Waals surface area contributed by atoms with Crippen LogP contribution in [0.4, 0.5) is 0 Å². The third-order valence-electron chi connectivity index (χ3n) is 3.61. The van der Waals surface area contributed by atoms with Gasteiger partial charge in [0.1, 0.15) is 4.90 Å². The minimum Gasteiger partial charge on any atom is -0.326 e. The number of benzene rings is 1. The van der Waals surface area contributed by atoms with Gasteiger partial charge >= 0.3 is 0 Å². The first-order valence-corrected chi connectivity index (χ1v) is 8.66. The SMILES string of the molecule is CC1CC(C)N(S(=O)(=O)c2cc(Cl)cc(CN)c2Cl)C1. The Balaban J connectivity index is 2.52. The average Bonchev–Trinajstić information content (AvgIpc) is 2.71. The van der Waals surface area contributed by atoms with Crippen molar-refractivity contribution < 1.29 is 8.42 Å². The molecule has 0 radical (unpaired) electrons. The molecular weight excluding hydrogens is 319 g/mol. The normalized spacial score (nSPS) is 24.2. The number of nitrogens with zero attached hydrogens (tertiary/aromatic N) is 1. The second-order valence-corrected chi connectivity index (χ2v) is 8.02. The summed E-state index contributed by atoms with van der Waals surface area (Å²) in [5.74, 6) is 0.340. The number of halogens is 2. The molecular formula is C13H18Cl2N2O2S. The van der Waals surface area contributed by atoms with Crippen molar-refractivity contribution >= 4 is 33.2 Å². The standard InChI is InChI=1S/C13H18Cl2N2O2S/c1-8-3-9(2)17(7-8)20(18,19)12-5-11(14)4-10(6-16)13(12)15/h4-5,8-9H,3,6-7,16H2,1-2H3. The van der Waals surface area contributed by atoms with E-state index in [1.54, 1.807) is 6.07 Å². The maximum absolute atomic E-state index is 12.8. The van der Waals surface area contributed by atoms with Crippen molar-refractivity contribution in [3.8, 4) is 0 Å². The van der Waals surface area contributed by atoms with Crippen LogP contribution in [0.3, 0.4) is 0 Å². The number of rotatable bonds is 3. The molecule has 1 aliphatic rings. The lowest BCUT2D eigenvalue weighted by Crippen LogP contribution is -2.34. The van der Waals surface area contributed by atoms with Crippen LogP contribution in [0.15, 0.2) is 17.0 Å². The Morgan fingerprint density at radius 2 is 2.00 bits per heavy atom. The van der Waals surface area contributed by atoms with Crippen molar-refractivity contribution in [3.05, 3.63) is 27.7 Å². The van der Waals surface area contributed by atoms with Gasteiger partial charge in [0.05, 0.1) is 5.02 Å². The Morgan fingerprint density at radius 1 is 1.35 bits per heavy atom. The lowest BCUT2D eigenvalue weighted by Gasteiger charge is -2.22. The van der Waals surface area contributed by atoms with E-state index in [0.29, 0.717) is 23.0 Å². The molecule has 1 heterocycles. The zero-order chi connectivity index (χ0) is 15.1. The van der Waals surface area contributed by atoms with Gasteiger partial charge in [-0.15, -0.1) is 0 Å². The Labute approximate surface area is 129 Å². The second-order valence-electron chi connectivity index (χ2n) is 5.35. The van der Waals surface area contributed by atoms with Gasteiger partial charge in [0.15, 0.2) is 0 Å². The molecule has 2 unspecified atom stereocenters. The van der Waals surface area contributed by atoms with E-state index in [0.717, 1.165) is 6.42 Å². The fraction of sp³-hybridized carbons (Fsp3) is 0.538. The first-order chi connectivity index (χ1) is 9.27. The molecule has 2 rings (SSSR count). The highest BCUT2D eigenvalue weighted by Gasteiger charge is 2.37. The molecule has 1 aromatic carbocycles. The van der Waals surface area contributed by atoms with E-state index in [-0.39, 0.29) is 22.5 Å². The molecule has 7 heteroatoms. The summed E-state index contributed by atoms with van der Waals surface area (Å²) in [5, 5.41) is 0.497. The minimum atomic E-state index is -3.65. The van der Waals surface area contributed by atoms with E-state index in [1.165, 1.54) is 10.4 Å². The summed E-state index contributed by atoms with van der Waals surface area (Å²) in [4.78, 5) is 0.0491. The van der Waals surface area contributed by atoms with E-state index >= 15 is 0 Å². The van der Waals surface area contributed by atoms with Crippen LogP contribution in [0.1, 0.15) is 25.8 Å². The van der Waals surface area contributed by atoms with Crippen LogP contribution in [0, 0.1) is 5.92 Å². The highest BCUT2D eigenvalue weighted by Crippen LogP contribution is 2.35. The molecule has 4 nitrogen and oxygen atoms in total. The quantitative estimate of drug-likeness (QED) is 0.922. The molecule has 1 aromatic rings. The Hall–Kier alpha value is -0.330. The fourth-order valence-corrected chi connectivity index (χ4v) is 5.36. The molecule has 1 fully saturated rings. The largest absolute Gasteiger partial charge is 0.326 e. The predicted octanol–water partition coefficient (Wildman–Crippen LogP) is 2.87. The molecule has 2 N–H and O–H groups in total. The summed E-state index contributed by atoms with van der Waals surface area (Å²) in [6, 6.07) is 2.96. The van der Waals surface area contributed by atoms with Crippen molar-refractivity contribution in [2.45, 2.75) is 37.8 Å². The summed E-state index contributed by atoms with van der Waals surface area (Å²) in [6.07, 6.45) is 0.848. The van der Waals surface area contributed by atoms with Gasteiger partial charge in [0.25, 0.3) is 0 Å². The van der Waals surface area contributed by atoms with Crippen molar-refractivity contribution in [3.63, 3.8) is 0 Å². The molecule has 112 valence electrons. The maximum atomic E-state index is 12.8. The molecule has 20 heavy (non-hydrogen) atoms. The van der Waals surface area contributed by atoms with Crippen LogP contribution < -0.4 is 5.73 Å². The van der Waals surface area contributed by atoms with Crippen molar-refractivity contribution in [1.29, 1.82) is 0 Å². The van der Waals surface area contributed by atoms with Crippen LogP contribution in [0.5, 0.6) is 0 Å². The molecule has 0 aromatic heterocycles. The van der Waals surface area contributed by atoms with Crippen LogP contribution in [-0.2, 0) is 16.6 Å². The topological polar surface area (TPSA) is 63.4 Å². The van der Waals surface area contributed by atoms with Crippen molar-refractivity contribution in [1.82, 2.24) is 4.31 Å². The highest BCUT2D eigenvalue weighted by atomic mass is 35.5. The molecule has 0 spiro atoms. The van der Waals surface area contributed by atoms with E-state index in [4.69, 9.17) is 28.9 Å². The summed E-state index contributed by atoms with van der Waals surface area (Å²) in [7, 11) is -3.65. The van der Waals surface area contributed by atoms with Gasteiger partial charge < -0.3 is 5.73 Å². The van der Waals surface area contributed by atoms with Crippen LogP contribution >= 0.6 is 23.2 Å². The Morgan fingerprint density at radius 3 is 2.50 bits per heavy atom. The van der Waals surface area contributed by atoms with Crippen molar-refractivity contribution in [2.24, 2.45) is 11.7 Å². The molecule has 0 aliphatic carbocycles. The summed E-state index contributed by atoms with van der Waals surface area (Å²) < 4.78 is 27.0. The lowest BCUT2D eigenvalue weighted by atomic mass is 10.1. The van der Waals surface area contributed by atoms with Gasteiger partial charge in [-0.05, 0) is 37.0 Å². The molecule has 0 bridgehead atoms. The van der Waals surface area contributed by atoms with Gasteiger partial charge in [0.2, 0.25) is 10.0 Å². The summed E-state index contributed by atoms with van der Waals surface area (Å²) in [5.41, 5.74) is 6.12. The molecule has 0 saturated carbocycles. The zero-order valence-corrected chi connectivity index (χ0v) is 13.8. The predicted molar refractivity (Wildman–Crippen MR) is 81.5 cm³/mol. The number of sulfonamides is 1. The molecule has 1 aliphatic heterocycles. The first kappa shape index (κ1) is 16.0. The monoisotopic (exact) mass is 336 g/mol. The van der Waals surface area contributed by atoms with Gasteiger partial charge in [0, 0.05) is 24.2 Å². The zero-order valence-electron chi connectivity index (χ0n) is 11.4. The number of hydrogen-bond donors (Lipinski definition) is 1. The Bertz CT molecular complexity index is 619. The molecule has 0 amide bonds. The Kier molecular flexibility index (Phi) is 4.66. The van der Waals surface area contributed by atoms with Crippen molar-refractivity contribution in [2.75, 3.05) is 6.54 Å². The van der Waals surface area contributed by atoms with E-state index < -0.39 is 10.0 Å². The van der Waals surface area contributed by atoms with Crippen LogP contribution in [-0.4, -0.2) is 25.3 Å². The fourth-order valence-electron chi connectivity index (χ4n) is 2.68. The third-order valence-corrected chi connectivity index (χ3v) is 6.39. The first-order valence-electron chi connectivity index (χ1n) is 6.47. The van der Waals surface area contributed by atoms with Crippen LogP contribution in [0.2, 0.25) is 10.0 Å². The smallest absolute Gasteiger partial charge is 0.244 e. The molecule has 2 atom stereocenters. The summed E-state index contributed by atoms with van der Waals surface area (Å²) >= 11 is 12.2. The average molecular weight is 337 g/mol. The highest BCUT2D eigenvalue weighted by molar-refractivity contribution is 7.89. The van der Waals surface area contributed by atoms with E-state index in [9.17, 15) is 8.42 Å². The van der Waals surface area contributed by atoms with E-state index in [2.05, 4.69) is 0 Å². The van der Waals surface area contributed by atoms with Gasteiger partial charge in [-0.1, -0.05) is 30.1 Å². The molecule has 1 saturated heterocycles. The van der Waals surface area contributed by atoms with Gasteiger partial charge in [-0.2, -0.15) is 4.31 Å². The maximum Gasteiger partial charge on any atom is 0.244 e. The summed E-state index contributed by atoms with van der Waals surface area (Å²) in [6.45, 7) is 4.60. The van der Waals surface area contributed by atoms with E-state index in [1.807, 2.05) is 13.8 Å². The van der Waals surface area contributed by atoms with Gasteiger partial charge in [-0.25, -0.2) is 8.42 Å². The minimum absolute atomic E-state index is 0.0358. The number of nitrogens with two attached hydrogens (primary N) is 1. The third kappa shape index (κ3) is 2.83. The number of hydrogen-bond acceptors (Lipinski definition) is 3. The second kappa shape index (κ2) is 5.81.